The molecule has 0 N–H and O–H groups in total. The number of rotatable bonds is 4. The molecule has 0 radical (unpaired) electrons. The molecular weight excluding hydrogens is 444 g/mol. The Kier molecular flexibility index (Phi) is 4.78. The lowest BCUT2D eigenvalue weighted by atomic mass is 9.95. The van der Waals surface area contributed by atoms with Gasteiger partial charge in [-0.15, -0.1) is 0 Å². The molecule has 5 rings (SSSR count). The van der Waals surface area contributed by atoms with Crippen molar-refractivity contribution in [3.8, 4) is 11.5 Å². The van der Waals surface area contributed by atoms with Crippen molar-refractivity contribution in [2.75, 3.05) is 14.1 Å². The van der Waals surface area contributed by atoms with Gasteiger partial charge in [0.25, 0.3) is 23.3 Å². The van der Waals surface area contributed by atoms with E-state index in [1.807, 2.05) is 0 Å². The Morgan fingerprint density at radius 2 is 1.15 bits per heavy atom. The second kappa shape index (κ2) is 7.37. The van der Waals surface area contributed by atoms with E-state index in [0.717, 1.165) is 0 Å². The SMILES string of the molecule is CC(=O)Oc1cccc([C@H]2O[C@]23C(=O)N(C)[C@@]2(O[C@H]2c2cccc(OC(C)=O)c2)C(=O)N3C)c1. The van der Waals surface area contributed by atoms with Gasteiger partial charge in [-0.05, 0) is 35.4 Å². The van der Waals surface area contributed by atoms with Gasteiger partial charge in [-0.1, -0.05) is 24.3 Å². The van der Waals surface area contributed by atoms with Gasteiger partial charge in [0.1, 0.15) is 23.7 Å². The number of carbonyl (C=O) groups is 4. The third-order valence-electron chi connectivity index (χ3n) is 6.25. The van der Waals surface area contributed by atoms with E-state index in [9.17, 15) is 19.2 Å². The monoisotopic (exact) mass is 466 g/mol. The summed E-state index contributed by atoms with van der Waals surface area (Å²) in [6, 6.07) is 13.3. The van der Waals surface area contributed by atoms with Crippen LogP contribution in [-0.4, -0.2) is 59.1 Å². The number of benzene rings is 2. The molecule has 2 aromatic rings. The van der Waals surface area contributed by atoms with Crippen LogP contribution >= 0.6 is 0 Å². The first kappa shape index (κ1) is 22.1. The predicted octanol–water partition coefficient (Wildman–Crippen LogP) is 1.70. The Bertz CT molecular complexity index is 1150. The van der Waals surface area contributed by atoms with Crippen molar-refractivity contribution in [2.45, 2.75) is 37.5 Å². The molecule has 176 valence electrons. The van der Waals surface area contributed by atoms with Crippen molar-refractivity contribution in [2.24, 2.45) is 0 Å². The maximum absolute atomic E-state index is 13.5. The highest BCUT2D eigenvalue weighted by molar-refractivity contribution is 6.04. The molecule has 3 heterocycles. The second-order valence-electron chi connectivity index (χ2n) is 8.45. The van der Waals surface area contributed by atoms with Gasteiger partial charge in [-0.3, -0.25) is 19.2 Å². The lowest BCUT2D eigenvalue weighted by Gasteiger charge is -2.39. The highest BCUT2D eigenvalue weighted by atomic mass is 16.7. The molecule has 3 fully saturated rings. The molecule has 34 heavy (non-hydrogen) atoms. The number of amides is 2. The molecule has 2 spiro atoms. The van der Waals surface area contributed by atoms with Crippen molar-refractivity contribution in [1.29, 1.82) is 0 Å². The minimum Gasteiger partial charge on any atom is -0.427 e. The molecule has 3 aliphatic heterocycles. The lowest BCUT2D eigenvalue weighted by Crippen LogP contribution is -2.67. The number of nitrogens with zero attached hydrogens (tertiary/aromatic N) is 2. The number of epoxide rings is 2. The van der Waals surface area contributed by atoms with Crippen molar-refractivity contribution >= 4 is 23.8 Å². The maximum Gasteiger partial charge on any atom is 0.308 e. The summed E-state index contributed by atoms with van der Waals surface area (Å²) in [5.74, 6) is -1.18. The molecule has 0 bridgehead atoms. The standard InChI is InChI=1S/C24H22N2O8/c1-13(27)31-17-9-5-7-15(11-17)19-23(33-19)21(29)26(4)24(22(30)25(23)3)20(34-24)16-8-6-10-18(12-16)32-14(2)28/h5-12,19-20H,1-4H3/t19-,20+,23-,24-/m0/s1. The molecule has 0 aromatic heterocycles. The number of esters is 2. The number of piperazine rings is 1. The molecule has 10 nitrogen and oxygen atoms in total. The largest absolute Gasteiger partial charge is 0.427 e. The Morgan fingerprint density at radius 3 is 1.50 bits per heavy atom. The number of likely N-dealkylation sites (N-methyl/N-ethyl adjacent to an activating group) is 2. The van der Waals surface area contributed by atoms with Crippen LogP contribution in [0.1, 0.15) is 37.2 Å². The zero-order valence-electron chi connectivity index (χ0n) is 18.9. The van der Waals surface area contributed by atoms with E-state index in [1.165, 1.54) is 37.7 Å². The number of ether oxygens (including phenoxy) is 4. The van der Waals surface area contributed by atoms with Crippen LogP contribution in [0.3, 0.4) is 0 Å². The molecule has 0 aliphatic carbocycles. The fourth-order valence-electron chi connectivity index (χ4n) is 4.60. The maximum atomic E-state index is 13.5. The van der Waals surface area contributed by atoms with Crippen LogP contribution in [0, 0.1) is 0 Å². The second-order valence-corrected chi connectivity index (χ2v) is 8.45. The summed E-state index contributed by atoms with van der Waals surface area (Å²) in [6.45, 7) is 2.59. The Labute approximate surface area is 194 Å². The first-order valence-electron chi connectivity index (χ1n) is 10.6. The smallest absolute Gasteiger partial charge is 0.308 e. The van der Waals surface area contributed by atoms with E-state index in [1.54, 1.807) is 48.5 Å². The van der Waals surface area contributed by atoms with Crippen molar-refractivity contribution in [3.63, 3.8) is 0 Å². The van der Waals surface area contributed by atoms with Gasteiger partial charge in [0.2, 0.25) is 0 Å². The Balaban J connectivity index is 1.41. The van der Waals surface area contributed by atoms with Gasteiger partial charge < -0.3 is 28.7 Å². The molecule has 10 heteroatoms. The molecule has 0 saturated carbocycles. The third kappa shape index (κ3) is 3.10. The fourth-order valence-corrected chi connectivity index (χ4v) is 4.60. The summed E-state index contributed by atoms with van der Waals surface area (Å²) in [7, 11) is 3.00. The quantitative estimate of drug-likeness (QED) is 0.380. The van der Waals surface area contributed by atoms with Crippen molar-refractivity contribution in [3.05, 3.63) is 59.7 Å². The summed E-state index contributed by atoms with van der Waals surface area (Å²) in [5, 5.41) is 0. The van der Waals surface area contributed by atoms with Gasteiger partial charge in [0, 0.05) is 27.9 Å². The number of hydrogen-bond donors (Lipinski definition) is 0. The van der Waals surface area contributed by atoms with Crippen LogP contribution < -0.4 is 9.47 Å². The molecule has 2 amide bonds. The van der Waals surface area contributed by atoms with Crippen molar-refractivity contribution in [1.82, 2.24) is 9.80 Å². The fraction of sp³-hybridized carbons (Fsp3) is 0.333. The van der Waals surface area contributed by atoms with Gasteiger partial charge >= 0.3 is 11.9 Å². The zero-order chi connectivity index (χ0) is 24.4. The van der Waals surface area contributed by atoms with Gasteiger partial charge in [-0.25, -0.2) is 0 Å². The molecule has 3 saturated heterocycles. The van der Waals surface area contributed by atoms with E-state index >= 15 is 0 Å². The normalized spacial score (nSPS) is 29.4. The van der Waals surface area contributed by atoms with Crippen molar-refractivity contribution < 1.29 is 38.1 Å². The van der Waals surface area contributed by atoms with Crippen LogP contribution in [0.25, 0.3) is 0 Å². The van der Waals surface area contributed by atoms with Gasteiger partial charge in [0.05, 0.1) is 0 Å². The van der Waals surface area contributed by atoms with E-state index in [4.69, 9.17) is 18.9 Å². The zero-order valence-corrected chi connectivity index (χ0v) is 18.9. The molecular formula is C24H22N2O8. The first-order chi connectivity index (χ1) is 16.1. The lowest BCUT2D eigenvalue weighted by molar-refractivity contribution is -0.175. The van der Waals surface area contributed by atoms with E-state index in [-0.39, 0.29) is 0 Å². The van der Waals surface area contributed by atoms with E-state index in [2.05, 4.69) is 0 Å². The third-order valence-corrected chi connectivity index (χ3v) is 6.25. The summed E-state index contributed by atoms with van der Waals surface area (Å²) < 4.78 is 21.9. The average molecular weight is 466 g/mol. The number of hydrogen-bond acceptors (Lipinski definition) is 8. The molecule has 0 unspecified atom stereocenters. The van der Waals surface area contributed by atoms with E-state index in [0.29, 0.717) is 22.6 Å². The summed E-state index contributed by atoms with van der Waals surface area (Å²) >= 11 is 0. The van der Waals surface area contributed by atoms with Crippen LogP contribution in [0.15, 0.2) is 48.5 Å². The van der Waals surface area contributed by atoms with Gasteiger partial charge in [0.15, 0.2) is 0 Å². The Morgan fingerprint density at radius 1 is 0.765 bits per heavy atom. The molecule has 2 aromatic carbocycles. The number of carbonyl (C=O) groups excluding carboxylic acids is 4. The van der Waals surface area contributed by atoms with E-state index < -0.39 is 47.4 Å². The topological polar surface area (TPSA) is 118 Å². The van der Waals surface area contributed by atoms with Gasteiger partial charge in [-0.2, -0.15) is 0 Å². The summed E-state index contributed by atoms with van der Waals surface area (Å²) in [4.78, 5) is 52.2. The summed E-state index contributed by atoms with van der Waals surface area (Å²) in [6.07, 6.45) is -1.46. The highest BCUT2D eigenvalue weighted by Crippen LogP contribution is 2.62. The molecule has 3 aliphatic rings. The van der Waals surface area contributed by atoms with Crippen LogP contribution in [0.5, 0.6) is 11.5 Å². The van der Waals surface area contributed by atoms with Crippen LogP contribution in [0.4, 0.5) is 0 Å². The summed E-state index contributed by atoms with van der Waals surface area (Å²) in [5.41, 5.74) is -1.83. The average Bonchev–Trinajstić information content (AvgIpc) is 3.69. The minimum atomic E-state index is -1.51. The Hall–Kier alpha value is -3.76. The van der Waals surface area contributed by atoms with Crippen LogP contribution in [0.2, 0.25) is 0 Å². The first-order valence-corrected chi connectivity index (χ1v) is 10.6. The van der Waals surface area contributed by atoms with Crippen LogP contribution in [-0.2, 0) is 28.7 Å². The predicted molar refractivity (Wildman–Crippen MR) is 114 cm³/mol. The highest BCUT2D eigenvalue weighted by Gasteiger charge is 2.81. The molecule has 4 atom stereocenters. The minimum absolute atomic E-state index is 0.316.